The van der Waals surface area contributed by atoms with E-state index in [2.05, 4.69) is 15.0 Å². The Morgan fingerprint density at radius 2 is 2.33 bits per heavy atom. The van der Waals surface area contributed by atoms with Gasteiger partial charge >= 0.3 is 0 Å². The number of methoxy groups -OCH3 is 1. The number of H-pyrrole nitrogens is 1. The number of thiazole rings is 1. The molecule has 2 heterocycles. The molecule has 2 aromatic rings. The van der Waals surface area contributed by atoms with E-state index in [0.717, 1.165) is 4.34 Å². The first kappa shape index (κ1) is 10.6. The standard InChI is InChI=1S/C8H9N3O2S2/c1-13-3-4-9-6-5(7(12)10-4)15-8(11-6)14-2/h3H2,1-2H3,(H,9,10,12). The maximum atomic E-state index is 11.6. The molecule has 1 N–H and O–H groups in total. The van der Waals surface area contributed by atoms with Crippen LogP contribution in [-0.2, 0) is 11.3 Å². The van der Waals surface area contributed by atoms with Gasteiger partial charge in [-0.25, -0.2) is 9.97 Å². The quantitative estimate of drug-likeness (QED) is 0.822. The van der Waals surface area contributed by atoms with Gasteiger partial charge in [-0.3, -0.25) is 4.79 Å². The average molecular weight is 243 g/mol. The van der Waals surface area contributed by atoms with Gasteiger partial charge in [0, 0.05) is 7.11 Å². The van der Waals surface area contributed by atoms with Gasteiger partial charge in [0.25, 0.3) is 5.56 Å². The molecule has 0 fully saturated rings. The van der Waals surface area contributed by atoms with Crippen molar-refractivity contribution in [2.24, 2.45) is 0 Å². The van der Waals surface area contributed by atoms with Crippen LogP contribution in [0, 0.1) is 0 Å². The Balaban J connectivity index is 2.60. The van der Waals surface area contributed by atoms with Crippen LogP contribution in [0.4, 0.5) is 0 Å². The molecule has 5 nitrogen and oxygen atoms in total. The van der Waals surface area contributed by atoms with E-state index in [1.54, 1.807) is 7.11 Å². The Morgan fingerprint density at radius 3 is 3.00 bits per heavy atom. The van der Waals surface area contributed by atoms with Gasteiger partial charge in [-0.1, -0.05) is 11.8 Å². The predicted molar refractivity (Wildman–Crippen MR) is 60.5 cm³/mol. The molecular formula is C8H9N3O2S2. The molecule has 15 heavy (non-hydrogen) atoms. The van der Waals surface area contributed by atoms with Gasteiger partial charge in [-0.05, 0) is 6.26 Å². The normalized spacial score (nSPS) is 11.1. The zero-order valence-corrected chi connectivity index (χ0v) is 9.87. The summed E-state index contributed by atoms with van der Waals surface area (Å²) >= 11 is 2.86. The topological polar surface area (TPSA) is 67.9 Å². The Hall–Kier alpha value is -0.920. The van der Waals surface area contributed by atoms with Gasteiger partial charge in [0.15, 0.2) is 9.99 Å². The van der Waals surface area contributed by atoms with Crippen molar-refractivity contribution in [3.63, 3.8) is 0 Å². The maximum Gasteiger partial charge on any atom is 0.270 e. The Labute approximate surface area is 93.9 Å². The molecule has 0 unspecified atom stereocenters. The van der Waals surface area contributed by atoms with Crippen molar-refractivity contribution < 1.29 is 4.74 Å². The third-order valence-electron chi connectivity index (χ3n) is 1.75. The molecule has 2 rings (SSSR count). The van der Waals surface area contributed by atoms with Crippen LogP contribution in [-0.4, -0.2) is 28.3 Å². The van der Waals surface area contributed by atoms with E-state index in [-0.39, 0.29) is 12.2 Å². The molecule has 0 atom stereocenters. The molecule has 0 radical (unpaired) electrons. The Kier molecular flexibility index (Phi) is 3.03. The van der Waals surface area contributed by atoms with Crippen LogP contribution in [0.25, 0.3) is 10.3 Å². The van der Waals surface area contributed by atoms with Crippen LogP contribution in [0.3, 0.4) is 0 Å². The average Bonchev–Trinajstić information content (AvgIpc) is 2.62. The van der Waals surface area contributed by atoms with Crippen molar-refractivity contribution in [3.05, 3.63) is 16.2 Å². The lowest BCUT2D eigenvalue weighted by Gasteiger charge is -1.96. The largest absolute Gasteiger partial charge is 0.377 e. The zero-order chi connectivity index (χ0) is 10.8. The lowest BCUT2D eigenvalue weighted by molar-refractivity contribution is 0.178. The highest BCUT2D eigenvalue weighted by Crippen LogP contribution is 2.24. The molecule has 80 valence electrons. The van der Waals surface area contributed by atoms with E-state index >= 15 is 0 Å². The van der Waals surface area contributed by atoms with E-state index in [0.29, 0.717) is 16.2 Å². The van der Waals surface area contributed by atoms with Crippen molar-refractivity contribution in [1.29, 1.82) is 0 Å². The number of thioether (sulfide) groups is 1. The van der Waals surface area contributed by atoms with Gasteiger partial charge in [0.05, 0.1) is 0 Å². The van der Waals surface area contributed by atoms with Crippen molar-refractivity contribution >= 4 is 33.4 Å². The summed E-state index contributed by atoms with van der Waals surface area (Å²) < 4.78 is 6.32. The fourth-order valence-electron chi connectivity index (χ4n) is 1.15. The second-order valence-corrected chi connectivity index (χ2v) is 4.83. The Morgan fingerprint density at radius 1 is 1.53 bits per heavy atom. The number of hydrogen-bond acceptors (Lipinski definition) is 6. The predicted octanol–water partition coefficient (Wildman–Crippen LogP) is 1.25. The summed E-state index contributed by atoms with van der Waals surface area (Å²) in [6, 6.07) is 0. The Bertz CT molecular complexity index is 534. The second-order valence-electron chi connectivity index (χ2n) is 2.78. The van der Waals surface area contributed by atoms with E-state index in [1.165, 1.54) is 23.1 Å². The molecular weight excluding hydrogens is 234 g/mol. The van der Waals surface area contributed by atoms with Gasteiger partial charge in [-0.2, -0.15) is 0 Å². The molecule has 0 aliphatic rings. The van der Waals surface area contributed by atoms with Gasteiger partial charge in [-0.15, -0.1) is 11.3 Å². The molecule has 0 aliphatic heterocycles. The van der Waals surface area contributed by atoms with E-state index in [9.17, 15) is 4.79 Å². The molecule has 0 bridgehead atoms. The summed E-state index contributed by atoms with van der Waals surface area (Å²) in [6.07, 6.45) is 1.92. The number of nitrogens with zero attached hydrogens (tertiary/aromatic N) is 2. The highest BCUT2D eigenvalue weighted by atomic mass is 32.2. The minimum absolute atomic E-state index is 0.148. The van der Waals surface area contributed by atoms with E-state index < -0.39 is 0 Å². The monoisotopic (exact) mass is 243 g/mol. The van der Waals surface area contributed by atoms with Gasteiger partial charge < -0.3 is 9.72 Å². The number of ether oxygens (including phenoxy) is 1. The fraction of sp³-hybridized carbons (Fsp3) is 0.375. The van der Waals surface area contributed by atoms with Crippen LogP contribution in [0.1, 0.15) is 5.82 Å². The molecule has 0 spiro atoms. The lowest BCUT2D eigenvalue weighted by atomic mass is 10.5. The number of aromatic amines is 1. The fourth-order valence-corrected chi connectivity index (χ4v) is 2.55. The third-order valence-corrected chi connectivity index (χ3v) is 3.78. The van der Waals surface area contributed by atoms with Crippen LogP contribution >= 0.6 is 23.1 Å². The molecule has 7 heteroatoms. The van der Waals surface area contributed by atoms with Crippen LogP contribution in [0.2, 0.25) is 0 Å². The molecule has 0 amide bonds. The first-order chi connectivity index (χ1) is 7.24. The molecule has 0 saturated heterocycles. The molecule has 0 aromatic carbocycles. The molecule has 2 aromatic heterocycles. The van der Waals surface area contributed by atoms with Crippen molar-refractivity contribution in [3.8, 4) is 0 Å². The van der Waals surface area contributed by atoms with Crippen LogP contribution < -0.4 is 5.56 Å². The van der Waals surface area contributed by atoms with E-state index in [4.69, 9.17) is 4.74 Å². The summed E-state index contributed by atoms with van der Waals surface area (Å²) in [7, 11) is 1.55. The first-order valence-electron chi connectivity index (χ1n) is 4.17. The highest BCUT2D eigenvalue weighted by Gasteiger charge is 2.09. The number of aromatic nitrogens is 3. The number of nitrogens with one attached hydrogen (secondary N) is 1. The number of fused-ring (bicyclic) bond motifs is 1. The van der Waals surface area contributed by atoms with Crippen molar-refractivity contribution in [2.75, 3.05) is 13.4 Å². The summed E-state index contributed by atoms with van der Waals surface area (Å²) in [6.45, 7) is 0.289. The smallest absolute Gasteiger partial charge is 0.270 e. The summed E-state index contributed by atoms with van der Waals surface area (Å²) in [5.74, 6) is 0.507. The summed E-state index contributed by atoms with van der Waals surface area (Å²) in [5.41, 5.74) is 0.352. The SMILES string of the molecule is COCc1nc2nc(SC)sc2c(=O)[nH]1. The van der Waals surface area contributed by atoms with E-state index in [1.807, 2.05) is 6.26 Å². The molecule has 0 aliphatic carbocycles. The van der Waals surface area contributed by atoms with Crippen LogP contribution in [0.15, 0.2) is 9.13 Å². The summed E-state index contributed by atoms with van der Waals surface area (Å²) in [5, 5.41) is 0. The lowest BCUT2D eigenvalue weighted by Crippen LogP contribution is -2.11. The highest BCUT2D eigenvalue weighted by molar-refractivity contribution is 8.00. The third kappa shape index (κ3) is 2.04. The van der Waals surface area contributed by atoms with Crippen molar-refractivity contribution in [2.45, 2.75) is 10.9 Å². The van der Waals surface area contributed by atoms with Gasteiger partial charge in [0.2, 0.25) is 0 Å². The number of hydrogen-bond donors (Lipinski definition) is 1. The zero-order valence-electron chi connectivity index (χ0n) is 8.23. The minimum Gasteiger partial charge on any atom is -0.377 e. The number of rotatable bonds is 3. The second kappa shape index (κ2) is 4.30. The molecule has 0 saturated carbocycles. The maximum absolute atomic E-state index is 11.6. The summed E-state index contributed by atoms with van der Waals surface area (Å²) in [4.78, 5) is 22.7. The minimum atomic E-state index is -0.148. The van der Waals surface area contributed by atoms with Crippen LogP contribution in [0.5, 0.6) is 0 Å². The first-order valence-corrected chi connectivity index (χ1v) is 6.21. The van der Waals surface area contributed by atoms with Crippen molar-refractivity contribution in [1.82, 2.24) is 15.0 Å². The van der Waals surface area contributed by atoms with Gasteiger partial charge in [0.1, 0.15) is 17.1 Å².